The molecule has 0 fully saturated rings. The first-order chi connectivity index (χ1) is 9.12. The van der Waals surface area contributed by atoms with E-state index in [9.17, 15) is 13.2 Å². The van der Waals surface area contributed by atoms with Gasteiger partial charge in [-0.25, -0.2) is 4.98 Å². The van der Waals surface area contributed by atoms with E-state index in [1.54, 1.807) is 13.8 Å². The molecule has 0 aliphatic rings. The van der Waals surface area contributed by atoms with Crippen molar-refractivity contribution < 1.29 is 13.2 Å². The second-order valence-electron chi connectivity index (χ2n) is 5.46. The predicted octanol–water partition coefficient (Wildman–Crippen LogP) is 5.14. The topological polar surface area (TPSA) is 38.9 Å². The second-order valence-corrected chi connectivity index (χ2v) is 6.52. The highest BCUT2D eigenvalue weighted by molar-refractivity contribution is 7.22. The molecule has 0 atom stereocenters. The molecular formula is C14H17F3N2S. The van der Waals surface area contributed by atoms with Crippen molar-refractivity contribution in [2.75, 3.05) is 5.73 Å². The Morgan fingerprint density at radius 1 is 1.10 bits per heavy atom. The Bertz CT molecular complexity index is 642. The van der Waals surface area contributed by atoms with Crippen molar-refractivity contribution in [2.24, 2.45) is 0 Å². The summed E-state index contributed by atoms with van der Waals surface area (Å²) >= 11 is 1.10. The molecule has 110 valence electrons. The molecule has 1 aromatic carbocycles. The standard InChI is InChI=1S/C14H17F3N2S/c1-6(2)10-8(14(15,16)17)5-9-12(11(10)7(3)4)19-13(18)20-9/h5-7H,1-4H3,(H2,18,19). The highest BCUT2D eigenvalue weighted by Crippen LogP contribution is 2.44. The quantitative estimate of drug-likeness (QED) is 0.833. The third-order valence-corrected chi connectivity index (χ3v) is 4.07. The molecule has 0 amide bonds. The molecule has 2 aromatic rings. The summed E-state index contributed by atoms with van der Waals surface area (Å²) in [6.07, 6.45) is -4.36. The fraction of sp³-hybridized carbons (Fsp3) is 0.500. The van der Waals surface area contributed by atoms with Gasteiger partial charge < -0.3 is 5.73 Å². The number of hydrogen-bond donors (Lipinski definition) is 1. The van der Waals surface area contributed by atoms with Crippen molar-refractivity contribution in [3.63, 3.8) is 0 Å². The van der Waals surface area contributed by atoms with Crippen LogP contribution in [-0.4, -0.2) is 4.98 Å². The summed E-state index contributed by atoms with van der Waals surface area (Å²) in [6, 6.07) is 1.19. The van der Waals surface area contributed by atoms with Crippen LogP contribution in [0.4, 0.5) is 18.3 Å². The van der Waals surface area contributed by atoms with E-state index >= 15 is 0 Å². The molecule has 20 heavy (non-hydrogen) atoms. The second kappa shape index (κ2) is 4.91. The molecule has 0 bridgehead atoms. The maximum atomic E-state index is 13.3. The van der Waals surface area contributed by atoms with Crippen LogP contribution in [0.15, 0.2) is 6.07 Å². The van der Waals surface area contributed by atoms with Gasteiger partial charge >= 0.3 is 6.18 Å². The molecule has 0 aliphatic carbocycles. The van der Waals surface area contributed by atoms with Crippen molar-refractivity contribution in [1.29, 1.82) is 0 Å². The molecule has 2 nitrogen and oxygen atoms in total. The van der Waals surface area contributed by atoms with E-state index < -0.39 is 11.7 Å². The van der Waals surface area contributed by atoms with Crippen molar-refractivity contribution in [3.05, 3.63) is 22.8 Å². The first kappa shape index (κ1) is 15.1. The van der Waals surface area contributed by atoms with Gasteiger partial charge in [0.05, 0.1) is 15.8 Å². The maximum Gasteiger partial charge on any atom is 0.416 e. The zero-order chi connectivity index (χ0) is 15.2. The van der Waals surface area contributed by atoms with E-state index in [1.807, 2.05) is 13.8 Å². The third-order valence-electron chi connectivity index (χ3n) is 3.24. The summed E-state index contributed by atoms with van der Waals surface area (Å²) in [6.45, 7) is 7.32. The molecule has 2 N–H and O–H groups in total. The molecule has 0 spiro atoms. The number of nitrogens with two attached hydrogens (primary N) is 1. The van der Waals surface area contributed by atoms with Gasteiger partial charge in [0.15, 0.2) is 5.13 Å². The van der Waals surface area contributed by atoms with Crippen molar-refractivity contribution in [3.8, 4) is 0 Å². The Morgan fingerprint density at radius 3 is 2.10 bits per heavy atom. The zero-order valence-electron chi connectivity index (χ0n) is 11.8. The van der Waals surface area contributed by atoms with E-state index in [2.05, 4.69) is 4.98 Å². The third kappa shape index (κ3) is 2.49. The van der Waals surface area contributed by atoms with Crippen LogP contribution in [0.3, 0.4) is 0 Å². The summed E-state index contributed by atoms with van der Waals surface area (Å²) < 4.78 is 40.5. The van der Waals surface area contributed by atoms with Crippen LogP contribution in [0.2, 0.25) is 0 Å². The number of aromatic nitrogens is 1. The minimum atomic E-state index is -4.36. The van der Waals surface area contributed by atoms with Gasteiger partial charge in [-0.1, -0.05) is 39.0 Å². The Kier molecular flexibility index (Phi) is 3.71. The smallest absolute Gasteiger partial charge is 0.375 e. The number of hydrogen-bond acceptors (Lipinski definition) is 3. The van der Waals surface area contributed by atoms with Crippen molar-refractivity contribution in [2.45, 2.75) is 45.7 Å². The summed E-state index contributed by atoms with van der Waals surface area (Å²) in [5.41, 5.74) is 6.72. The number of anilines is 1. The van der Waals surface area contributed by atoms with E-state index in [1.165, 1.54) is 6.07 Å². The van der Waals surface area contributed by atoms with Crippen molar-refractivity contribution >= 4 is 26.7 Å². The highest BCUT2D eigenvalue weighted by Gasteiger charge is 2.37. The molecule has 2 rings (SSSR count). The zero-order valence-corrected chi connectivity index (χ0v) is 12.6. The van der Waals surface area contributed by atoms with Gasteiger partial charge in [-0.15, -0.1) is 0 Å². The van der Waals surface area contributed by atoms with Crippen LogP contribution in [-0.2, 0) is 6.18 Å². The van der Waals surface area contributed by atoms with E-state index in [-0.39, 0.29) is 11.8 Å². The van der Waals surface area contributed by atoms with Crippen LogP contribution in [0, 0.1) is 0 Å². The lowest BCUT2D eigenvalue weighted by Crippen LogP contribution is -2.13. The summed E-state index contributed by atoms with van der Waals surface area (Å²) in [5, 5.41) is 0.302. The SMILES string of the molecule is CC(C)c1c(C(F)(F)F)cc2sc(N)nc2c1C(C)C. The van der Waals surface area contributed by atoms with Gasteiger partial charge in [-0.2, -0.15) is 13.2 Å². The lowest BCUT2D eigenvalue weighted by atomic mass is 9.86. The van der Waals surface area contributed by atoms with E-state index in [4.69, 9.17) is 5.73 Å². The number of benzene rings is 1. The highest BCUT2D eigenvalue weighted by atomic mass is 32.1. The summed E-state index contributed by atoms with van der Waals surface area (Å²) in [4.78, 5) is 4.23. The number of halogens is 3. The average Bonchev–Trinajstić information content (AvgIpc) is 2.64. The largest absolute Gasteiger partial charge is 0.416 e. The number of rotatable bonds is 2. The summed E-state index contributed by atoms with van der Waals surface area (Å²) in [7, 11) is 0. The molecule has 6 heteroatoms. The normalized spacial score (nSPS) is 12.8. The van der Waals surface area contributed by atoms with Gasteiger partial charge in [-0.05, 0) is 29.0 Å². The maximum absolute atomic E-state index is 13.3. The molecule has 0 aliphatic heterocycles. The van der Waals surface area contributed by atoms with Crippen LogP contribution in [0.25, 0.3) is 10.2 Å². The van der Waals surface area contributed by atoms with Gasteiger partial charge in [0.1, 0.15) is 0 Å². The molecule has 1 aromatic heterocycles. The van der Waals surface area contributed by atoms with Gasteiger partial charge in [0.2, 0.25) is 0 Å². The van der Waals surface area contributed by atoms with Gasteiger partial charge in [0, 0.05) is 0 Å². The average molecular weight is 302 g/mol. The molecule has 0 saturated heterocycles. The predicted molar refractivity (Wildman–Crippen MR) is 77.2 cm³/mol. The number of nitrogen functional groups attached to an aromatic ring is 1. The number of fused-ring (bicyclic) bond motifs is 1. The molecule has 1 heterocycles. The Morgan fingerprint density at radius 2 is 1.65 bits per heavy atom. The van der Waals surface area contributed by atoms with Crippen molar-refractivity contribution in [1.82, 2.24) is 4.98 Å². The number of alkyl halides is 3. The Balaban J connectivity index is 2.95. The Hall–Kier alpha value is -1.30. The molecular weight excluding hydrogens is 285 g/mol. The molecule has 0 radical (unpaired) electrons. The summed E-state index contributed by atoms with van der Waals surface area (Å²) in [5.74, 6) is -0.268. The van der Waals surface area contributed by atoms with Crippen LogP contribution in [0.5, 0.6) is 0 Å². The van der Waals surface area contributed by atoms with Crippen LogP contribution >= 0.6 is 11.3 Å². The minimum Gasteiger partial charge on any atom is -0.375 e. The fourth-order valence-corrected chi connectivity index (χ4v) is 3.35. The van der Waals surface area contributed by atoms with Crippen LogP contribution < -0.4 is 5.73 Å². The first-order valence-electron chi connectivity index (χ1n) is 6.43. The van der Waals surface area contributed by atoms with E-state index in [0.717, 1.165) is 11.3 Å². The number of thiazole rings is 1. The first-order valence-corrected chi connectivity index (χ1v) is 7.24. The monoisotopic (exact) mass is 302 g/mol. The minimum absolute atomic E-state index is 0.0429. The van der Waals surface area contributed by atoms with Gasteiger partial charge in [-0.3, -0.25) is 0 Å². The lowest BCUT2D eigenvalue weighted by Gasteiger charge is -2.22. The van der Waals surface area contributed by atoms with Crippen LogP contribution in [0.1, 0.15) is 56.2 Å². The fourth-order valence-electron chi connectivity index (χ4n) is 2.56. The Labute approximate surface area is 119 Å². The van der Waals surface area contributed by atoms with Gasteiger partial charge in [0.25, 0.3) is 0 Å². The van der Waals surface area contributed by atoms with E-state index in [0.29, 0.717) is 26.5 Å². The molecule has 0 unspecified atom stereocenters. The molecule has 0 saturated carbocycles. The lowest BCUT2D eigenvalue weighted by molar-refractivity contribution is -0.138. The number of nitrogens with zero attached hydrogens (tertiary/aromatic N) is 1.